The van der Waals surface area contributed by atoms with Crippen LogP contribution in [0.3, 0.4) is 0 Å². The molecule has 0 aromatic heterocycles. The molecule has 1 aliphatic heterocycles. The Kier molecular flexibility index (Phi) is 7.37. The smallest absolute Gasteiger partial charge is 0.321 e. The van der Waals surface area contributed by atoms with Crippen molar-refractivity contribution in [2.75, 3.05) is 45.2 Å². The highest BCUT2D eigenvalue weighted by molar-refractivity contribution is 5.91. The first kappa shape index (κ1) is 18.6. The number of likely N-dealkylation sites (tertiary alicyclic amines) is 1. The van der Waals surface area contributed by atoms with Crippen molar-refractivity contribution in [3.05, 3.63) is 24.3 Å². The molecular formula is C19H31N3O2. The lowest BCUT2D eigenvalue weighted by molar-refractivity contribution is 0.217. The second-order valence-electron chi connectivity index (χ2n) is 6.64. The quantitative estimate of drug-likeness (QED) is 0.789. The van der Waals surface area contributed by atoms with Gasteiger partial charge in [0, 0.05) is 19.6 Å². The Bertz CT molecular complexity index is 521. The zero-order valence-corrected chi connectivity index (χ0v) is 15.3. The van der Waals surface area contributed by atoms with Gasteiger partial charge in [-0.25, -0.2) is 4.79 Å². The number of nitrogens with zero attached hydrogens (tertiary/aromatic N) is 2. The number of nitrogens with one attached hydrogen (secondary N) is 1. The summed E-state index contributed by atoms with van der Waals surface area (Å²) in [5.41, 5.74) is 0.752. The second kappa shape index (κ2) is 9.52. The Labute approximate surface area is 146 Å². The van der Waals surface area contributed by atoms with E-state index in [-0.39, 0.29) is 6.03 Å². The van der Waals surface area contributed by atoms with Crippen LogP contribution in [0.25, 0.3) is 0 Å². The van der Waals surface area contributed by atoms with E-state index >= 15 is 0 Å². The number of carbonyl (C=O) groups excluding carboxylic acids is 1. The van der Waals surface area contributed by atoms with Crippen molar-refractivity contribution in [3.63, 3.8) is 0 Å². The zero-order chi connectivity index (χ0) is 17.4. The lowest BCUT2D eigenvalue weighted by Gasteiger charge is -2.21. The fraction of sp³-hybridized carbons (Fsp3) is 0.632. The molecule has 2 amide bonds. The Morgan fingerprint density at radius 1 is 1.33 bits per heavy atom. The summed E-state index contributed by atoms with van der Waals surface area (Å²) >= 11 is 0. The van der Waals surface area contributed by atoms with Crippen LogP contribution in [0, 0.1) is 5.92 Å². The number of amides is 2. The van der Waals surface area contributed by atoms with Gasteiger partial charge in [-0.3, -0.25) is 0 Å². The molecule has 5 heteroatoms. The maximum atomic E-state index is 12.5. The summed E-state index contributed by atoms with van der Waals surface area (Å²) in [5, 5.41) is 3.01. The molecule has 1 heterocycles. The van der Waals surface area contributed by atoms with Gasteiger partial charge in [0.15, 0.2) is 0 Å². The Hall–Kier alpha value is -1.75. The van der Waals surface area contributed by atoms with Crippen LogP contribution < -0.4 is 10.1 Å². The van der Waals surface area contributed by atoms with E-state index in [0.29, 0.717) is 12.5 Å². The summed E-state index contributed by atoms with van der Waals surface area (Å²) < 4.78 is 5.71. The van der Waals surface area contributed by atoms with E-state index in [4.69, 9.17) is 4.74 Å². The number of benzene rings is 1. The van der Waals surface area contributed by atoms with Crippen molar-refractivity contribution >= 4 is 11.7 Å². The van der Waals surface area contributed by atoms with E-state index in [1.807, 2.05) is 29.2 Å². The standard InChI is InChI=1S/C19H31N3O2/c1-4-11-21(3)14-16-10-12-22(15-16)19(23)20-17-8-6-7-9-18(17)24-13-5-2/h6-9,16H,4-5,10-15H2,1-3H3,(H,20,23)/t16-/m1/s1. The van der Waals surface area contributed by atoms with E-state index in [1.54, 1.807) is 0 Å². The first-order valence-corrected chi connectivity index (χ1v) is 9.10. The van der Waals surface area contributed by atoms with Crippen molar-refractivity contribution in [1.29, 1.82) is 0 Å². The molecule has 1 fully saturated rings. The number of ether oxygens (including phenoxy) is 1. The van der Waals surface area contributed by atoms with Crippen LogP contribution in [-0.2, 0) is 0 Å². The Morgan fingerprint density at radius 2 is 2.12 bits per heavy atom. The molecule has 24 heavy (non-hydrogen) atoms. The number of carbonyl (C=O) groups is 1. The van der Waals surface area contributed by atoms with E-state index in [2.05, 4.69) is 31.1 Å². The van der Waals surface area contributed by atoms with Gasteiger partial charge in [-0.2, -0.15) is 0 Å². The maximum absolute atomic E-state index is 12.5. The lowest BCUT2D eigenvalue weighted by atomic mass is 10.1. The highest BCUT2D eigenvalue weighted by atomic mass is 16.5. The van der Waals surface area contributed by atoms with Crippen LogP contribution in [0.1, 0.15) is 33.1 Å². The summed E-state index contributed by atoms with van der Waals surface area (Å²) in [7, 11) is 2.16. The normalized spacial score (nSPS) is 17.3. The maximum Gasteiger partial charge on any atom is 0.321 e. The molecule has 0 aliphatic carbocycles. The Morgan fingerprint density at radius 3 is 2.88 bits per heavy atom. The molecule has 1 aromatic carbocycles. The molecule has 134 valence electrons. The molecule has 0 bridgehead atoms. The number of hydrogen-bond acceptors (Lipinski definition) is 3. The molecule has 1 aliphatic rings. The second-order valence-corrected chi connectivity index (χ2v) is 6.64. The van der Waals surface area contributed by atoms with Crippen molar-refractivity contribution in [2.24, 2.45) is 5.92 Å². The number of para-hydroxylation sites is 2. The van der Waals surface area contributed by atoms with Gasteiger partial charge in [0.05, 0.1) is 12.3 Å². The van der Waals surface area contributed by atoms with Crippen LogP contribution in [0.5, 0.6) is 5.75 Å². The third kappa shape index (κ3) is 5.41. The van der Waals surface area contributed by atoms with Gasteiger partial charge in [0.2, 0.25) is 0 Å². The molecule has 1 atom stereocenters. The largest absolute Gasteiger partial charge is 0.491 e. The minimum Gasteiger partial charge on any atom is -0.491 e. The van der Waals surface area contributed by atoms with Gasteiger partial charge in [0.1, 0.15) is 5.75 Å². The SMILES string of the molecule is CCCOc1ccccc1NC(=O)N1CC[C@H](CN(C)CCC)C1. The third-order valence-electron chi connectivity index (χ3n) is 4.34. The van der Waals surface area contributed by atoms with E-state index in [0.717, 1.165) is 50.5 Å². The third-order valence-corrected chi connectivity index (χ3v) is 4.34. The molecule has 1 N–H and O–H groups in total. The summed E-state index contributed by atoms with van der Waals surface area (Å²) in [6.45, 7) is 8.76. The molecule has 1 saturated heterocycles. The lowest BCUT2D eigenvalue weighted by Crippen LogP contribution is -2.34. The van der Waals surface area contributed by atoms with Crippen LogP contribution in [-0.4, -0.2) is 55.7 Å². The average Bonchev–Trinajstić information content (AvgIpc) is 3.03. The fourth-order valence-corrected chi connectivity index (χ4v) is 3.18. The summed E-state index contributed by atoms with van der Waals surface area (Å²) in [5.74, 6) is 1.31. The fourth-order valence-electron chi connectivity index (χ4n) is 3.18. The minimum absolute atomic E-state index is 0.0248. The number of rotatable bonds is 8. The highest BCUT2D eigenvalue weighted by Gasteiger charge is 2.27. The zero-order valence-electron chi connectivity index (χ0n) is 15.3. The van der Waals surface area contributed by atoms with E-state index in [1.165, 1.54) is 6.42 Å². The van der Waals surface area contributed by atoms with Crippen LogP contribution in [0.15, 0.2) is 24.3 Å². The highest BCUT2D eigenvalue weighted by Crippen LogP contribution is 2.25. The monoisotopic (exact) mass is 333 g/mol. The molecule has 2 rings (SSSR count). The molecule has 0 radical (unpaired) electrons. The van der Waals surface area contributed by atoms with Crippen LogP contribution in [0.4, 0.5) is 10.5 Å². The van der Waals surface area contributed by atoms with Gasteiger partial charge in [-0.15, -0.1) is 0 Å². The van der Waals surface area contributed by atoms with Gasteiger partial charge in [-0.05, 0) is 50.9 Å². The summed E-state index contributed by atoms with van der Waals surface area (Å²) in [6, 6.07) is 7.61. The van der Waals surface area contributed by atoms with Gasteiger partial charge >= 0.3 is 6.03 Å². The molecule has 1 aromatic rings. The van der Waals surface area contributed by atoms with Gasteiger partial charge < -0.3 is 19.9 Å². The van der Waals surface area contributed by atoms with Crippen LogP contribution in [0.2, 0.25) is 0 Å². The van der Waals surface area contributed by atoms with Gasteiger partial charge in [-0.1, -0.05) is 26.0 Å². The number of hydrogen-bond donors (Lipinski definition) is 1. The molecular weight excluding hydrogens is 302 g/mol. The number of urea groups is 1. The number of anilines is 1. The van der Waals surface area contributed by atoms with Crippen molar-refractivity contribution in [1.82, 2.24) is 9.80 Å². The predicted molar refractivity (Wildman–Crippen MR) is 98.7 cm³/mol. The molecule has 0 unspecified atom stereocenters. The first-order chi connectivity index (χ1) is 11.6. The molecule has 0 saturated carbocycles. The van der Waals surface area contributed by atoms with Crippen LogP contribution >= 0.6 is 0 Å². The topological polar surface area (TPSA) is 44.8 Å². The van der Waals surface area contributed by atoms with Crippen molar-refractivity contribution < 1.29 is 9.53 Å². The van der Waals surface area contributed by atoms with Crippen molar-refractivity contribution in [3.8, 4) is 5.75 Å². The Balaban J connectivity index is 1.87. The summed E-state index contributed by atoms with van der Waals surface area (Å²) in [4.78, 5) is 16.8. The first-order valence-electron chi connectivity index (χ1n) is 9.10. The molecule has 5 nitrogen and oxygen atoms in total. The van der Waals surface area contributed by atoms with Gasteiger partial charge in [0.25, 0.3) is 0 Å². The van der Waals surface area contributed by atoms with E-state index < -0.39 is 0 Å². The minimum atomic E-state index is -0.0248. The van der Waals surface area contributed by atoms with Crippen molar-refractivity contribution in [2.45, 2.75) is 33.1 Å². The average molecular weight is 333 g/mol. The molecule has 0 spiro atoms. The van der Waals surface area contributed by atoms with E-state index in [9.17, 15) is 4.79 Å². The summed E-state index contributed by atoms with van der Waals surface area (Å²) in [6.07, 6.45) is 3.19. The predicted octanol–water partition coefficient (Wildman–Crippen LogP) is 3.67.